The van der Waals surface area contributed by atoms with Crippen molar-refractivity contribution in [2.24, 2.45) is 5.73 Å². The maximum absolute atomic E-state index is 6.14. The van der Waals surface area contributed by atoms with Gasteiger partial charge in [0.25, 0.3) is 0 Å². The minimum absolute atomic E-state index is 0.224. The molecule has 2 aromatic rings. The lowest BCUT2D eigenvalue weighted by atomic mass is 9.96. The van der Waals surface area contributed by atoms with Crippen LogP contribution >= 0.6 is 15.9 Å². The van der Waals surface area contributed by atoms with Crippen molar-refractivity contribution in [1.29, 1.82) is 0 Å². The fourth-order valence-electron chi connectivity index (χ4n) is 3.21. The Morgan fingerprint density at radius 1 is 1.24 bits per heavy atom. The quantitative estimate of drug-likeness (QED) is 0.903. The lowest BCUT2D eigenvalue weighted by Crippen LogP contribution is -2.37. The van der Waals surface area contributed by atoms with Crippen molar-refractivity contribution >= 4 is 21.6 Å². The van der Waals surface area contributed by atoms with Crippen LogP contribution in [-0.4, -0.2) is 13.1 Å². The van der Waals surface area contributed by atoms with Crippen LogP contribution in [-0.2, 0) is 6.42 Å². The zero-order chi connectivity index (χ0) is 14.8. The number of benzene rings is 2. The van der Waals surface area contributed by atoms with Gasteiger partial charge in [-0.05, 0) is 48.6 Å². The van der Waals surface area contributed by atoms with Gasteiger partial charge in [0.05, 0.1) is 6.04 Å². The number of para-hydroxylation sites is 1. The normalized spacial score (nSPS) is 15.7. The average molecular weight is 345 g/mol. The molecule has 1 aliphatic rings. The number of nitrogens with two attached hydrogens (primary N) is 1. The van der Waals surface area contributed by atoms with Gasteiger partial charge in [0.15, 0.2) is 0 Å². The topological polar surface area (TPSA) is 29.3 Å². The van der Waals surface area contributed by atoms with Crippen LogP contribution in [0.25, 0.3) is 0 Å². The first-order chi connectivity index (χ1) is 10.2. The van der Waals surface area contributed by atoms with Crippen molar-refractivity contribution in [1.82, 2.24) is 0 Å². The third kappa shape index (κ3) is 2.85. The highest BCUT2D eigenvalue weighted by atomic mass is 79.9. The summed E-state index contributed by atoms with van der Waals surface area (Å²) in [6.07, 6.45) is 2.36. The lowest BCUT2D eigenvalue weighted by molar-refractivity contribution is 0.586. The zero-order valence-corrected chi connectivity index (χ0v) is 13.9. The van der Waals surface area contributed by atoms with Crippen molar-refractivity contribution in [3.63, 3.8) is 0 Å². The Hall–Kier alpha value is -1.32. The molecule has 0 bridgehead atoms. The predicted molar refractivity (Wildman–Crippen MR) is 92.8 cm³/mol. The number of aryl methyl sites for hydroxylation is 2. The van der Waals surface area contributed by atoms with Crippen LogP contribution in [0.3, 0.4) is 0 Å². The van der Waals surface area contributed by atoms with Gasteiger partial charge in [0.1, 0.15) is 0 Å². The van der Waals surface area contributed by atoms with E-state index in [0.29, 0.717) is 6.54 Å². The van der Waals surface area contributed by atoms with Crippen molar-refractivity contribution in [2.75, 3.05) is 18.0 Å². The van der Waals surface area contributed by atoms with E-state index < -0.39 is 0 Å². The van der Waals surface area contributed by atoms with Gasteiger partial charge in [-0.15, -0.1) is 0 Å². The fraction of sp³-hybridized carbons (Fsp3) is 0.333. The lowest BCUT2D eigenvalue weighted by Gasteiger charge is -2.38. The van der Waals surface area contributed by atoms with Crippen LogP contribution in [0.5, 0.6) is 0 Å². The molecular formula is C18H21BrN2. The summed E-state index contributed by atoms with van der Waals surface area (Å²) in [5, 5.41) is 0. The van der Waals surface area contributed by atoms with Crippen LogP contribution in [0.15, 0.2) is 46.9 Å². The maximum Gasteiger partial charge on any atom is 0.0675 e. The Morgan fingerprint density at radius 3 is 2.81 bits per heavy atom. The van der Waals surface area contributed by atoms with Crippen molar-refractivity contribution in [2.45, 2.75) is 25.8 Å². The van der Waals surface area contributed by atoms with Crippen LogP contribution in [0, 0.1) is 6.92 Å². The molecule has 0 aliphatic carbocycles. The van der Waals surface area contributed by atoms with Gasteiger partial charge in [-0.3, -0.25) is 0 Å². The SMILES string of the molecule is Cc1ccc(C(CN)N2CCCc3ccccc32)c(Br)c1. The van der Waals surface area contributed by atoms with Crippen molar-refractivity contribution in [3.8, 4) is 0 Å². The molecule has 0 aromatic heterocycles. The van der Waals surface area contributed by atoms with E-state index in [1.54, 1.807) is 0 Å². The van der Waals surface area contributed by atoms with E-state index in [-0.39, 0.29) is 6.04 Å². The minimum Gasteiger partial charge on any atom is -0.363 e. The third-order valence-electron chi connectivity index (χ3n) is 4.26. The number of hydrogen-bond acceptors (Lipinski definition) is 2. The summed E-state index contributed by atoms with van der Waals surface area (Å²) in [5.41, 5.74) is 11.5. The molecule has 3 rings (SSSR count). The summed E-state index contributed by atoms with van der Waals surface area (Å²) >= 11 is 3.71. The number of fused-ring (bicyclic) bond motifs is 1. The molecular weight excluding hydrogens is 324 g/mol. The molecule has 1 aliphatic heterocycles. The highest BCUT2D eigenvalue weighted by molar-refractivity contribution is 9.10. The second kappa shape index (κ2) is 6.20. The standard InChI is InChI=1S/C18H21BrN2/c1-13-8-9-15(16(19)11-13)18(12-20)21-10-4-6-14-5-2-3-7-17(14)21/h2-3,5,7-9,11,18H,4,6,10,12,20H2,1H3. The first-order valence-corrected chi connectivity index (χ1v) is 8.30. The highest BCUT2D eigenvalue weighted by Gasteiger charge is 2.25. The molecule has 0 amide bonds. The van der Waals surface area contributed by atoms with Gasteiger partial charge in [0, 0.05) is 23.2 Å². The monoisotopic (exact) mass is 344 g/mol. The molecule has 1 atom stereocenters. The molecule has 110 valence electrons. The summed E-state index contributed by atoms with van der Waals surface area (Å²) in [5.74, 6) is 0. The minimum atomic E-state index is 0.224. The molecule has 21 heavy (non-hydrogen) atoms. The molecule has 0 spiro atoms. The molecule has 2 aromatic carbocycles. The Bertz CT molecular complexity index is 639. The van der Waals surface area contributed by atoms with E-state index in [1.807, 2.05) is 0 Å². The van der Waals surface area contributed by atoms with Crippen LogP contribution in [0.4, 0.5) is 5.69 Å². The van der Waals surface area contributed by atoms with Gasteiger partial charge in [0.2, 0.25) is 0 Å². The van der Waals surface area contributed by atoms with E-state index >= 15 is 0 Å². The number of hydrogen-bond donors (Lipinski definition) is 1. The molecule has 0 fully saturated rings. The summed E-state index contributed by atoms with van der Waals surface area (Å²) in [4.78, 5) is 2.47. The number of nitrogens with zero attached hydrogens (tertiary/aromatic N) is 1. The largest absolute Gasteiger partial charge is 0.363 e. The van der Waals surface area contributed by atoms with E-state index in [0.717, 1.165) is 11.0 Å². The molecule has 2 N–H and O–H groups in total. The number of anilines is 1. The first kappa shape index (κ1) is 14.6. The Balaban J connectivity index is 2.01. The van der Waals surface area contributed by atoms with Gasteiger partial charge in [-0.2, -0.15) is 0 Å². The fourth-order valence-corrected chi connectivity index (χ4v) is 3.97. The highest BCUT2D eigenvalue weighted by Crippen LogP contribution is 2.36. The Morgan fingerprint density at radius 2 is 2.05 bits per heavy atom. The zero-order valence-electron chi connectivity index (χ0n) is 12.3. The third-order valence-corrected chi connectivity index (χ3v) is 4.95. The average Bonchev–Trinajstić information content (AvgIpc) is 2.50. The first-order valence-electron chi connectivity index (χ1n) is 7.51. The van der Waals surface area contributed by atoms with E-state index in [2.05, 4.69) is 70.2 Å². The molecule has 3 heteroatoms. The van der Waals surface area contributed by atoms with Crippen LogP contribution in [0.2, 0.25) is 0 Å². The Kier molecular flexibility index (Phi) is 4.32. The molecule has 0 radical (unpaired) electrons. The van der Waals surface area contributed by atoms with Gasteiger partial charge in [-0.1, -0.05) is 46.3 Å². The second-order valence-corrected chi connectivity index (χ2v) is 6.56. The van der Waals surface area contributed by atoms with Crippen LogP contribution < -0.4 is 10.6 Å². The van der Waals surface area contributed by atoms with Gasteiger partial charge < -0.3 is 10.6 Å². The van der Waals surface area contributed by atoms with Crippen molar-refractivity contribution in [3.05, 3.63) is 63.6 Å². The Labute approximate surface area is 135 Å². The van der Waals surface area contributed by atoms with Crippen LogP contribution in [0.1, 0.15) is 29.2 Å². The summed E-state index contributed by atoms with van der Waals surface area (Å²) < 4.78 is 1.15. The second-order valence-electron chi connectivity index (χ2n) is 5.70. The summed E-state index contributed by atoms with van der Waals surface area (Å²) in [7, 11) is 0. The maximum atomic E-state index is 6.14. The number of rotatable bonds is 3. The predicted octanol–water partition coefficient (Wildman–Crippen LogP) is 4.21. The van der Waals surface area contributed by atoms with Gasteiger partial charge >= 0.3 is 0 Å². The van der Waals surface area contributed by atoms with Gasteiger partial charge in [-0.25, -0.2) is 0 Å². The molecule has 0 saturated carbocycles. The van der Waals surface area contributed by atoms with Crippen molar-refractivity contribution < 1.29 is 0 Å². The smallest absolute Gasteiger partial charge is 0.0675 e. The molecule has 1 unspecified atom stereocenters. The number of halogens is 1. The molecule has 0 saturated heterocycles. The summed E-state index contributed by atoms with van der Waals surface area (Å²) in [6, 6.07) is 15.5. The molecule has 2 nitrogen and oxygen atoms in total. The van der Waals surface area contributed by atoms with E-state index in [9.17, 15) is 0 Å². The van der Waals surface area contributed by atoms with E-state index in [4.69, 9.17) is 5.73 Å². The van der Waals surface area contributed by atoms with E-state index in [1.165, 1.54) is 35.2 Å². The molecule has 1 heterocycles. The summed E-state index contributed by atoms with van der Waals surface area (Å²) in [6.45, 7) is 3.80.